The Hall–Kier alpha value is -0.860. The van der Waals surface area contributed by atoms with Gasteiger partial charge in [-0.3, -0.25) is 4.79 Å². The zero-order valence-corrected chi connectivity index (χ0v) is 15.6. The van der Waals surface area contributed by atoms with E-state index in [1.54, 1.807) is 0 Å². The highest BCUT2D eigenvalue weighted by Crippen LogP contribution is 2.32. The van der Waals surface area contributed by atoms with E-state index in [-0.39, 0.29) is 17.4 Å². The Morgan fingerprint density at radius 2 is 1.39 bits per heavy atom. The van der Waals surface area contributed by atoms with Crippen LogP contribution in [-0.4, -0.2) is 18.4 Å². The summed E-state index contributed by atoms with van der Waals surface area (Å²) in [6.07, 6.45) is 18.3. The van der Waals surface area contributed by atoms with Crippen LogP contribution in [0.15, 0.2) is 4.99 Å². The van der Waals surface area contributed by atoms with Crippen molar-refractivity contribution in [2.45, 2.75) is 110 Å². The Labute approximate surface area is 143 Å². The zero-order chi connectivity index (χ0) is 17.0. The van der Waals surface area contributed by atoms with Crippen LogP contribution in [0.2, 0.25) is 0 Å². The van der Waals surface area contributed by atoms with E-state index in [0.29, 0.717) is 0 Å². The van der Waals surface area contributed by atoms with Crippen LogP contribution in [0, 0.1) is 5.41 Å². The smallest absolute Gasteiger partial charge is 0.290 e. The summed E-state index contributed by atoms with van der Waals surface area (Å²) >= 11 is 0. The van der Waals surface area contributed by atoms with Crippen LogP contribution in [0.25, 0.3) is 0 Å². The topological polar surface area (TPSA) is 38.7 Å². The summed E-state index contributed by atoms with van der Waals surface area (Å²) in [7, 11) is 0. The molecule has 3 heteroatoms. The van der Waals surface area contributed by atoms with Crippen LogP contribution in [0.3, 0.4) is 0 Å². The van der Waals surface area contributed by atoms with E-state index in [4.69, 9.17) is 4.74 Å². The summed E-state index contributed by atoms with van der Waals surface area (Å²) in [5.74, 6) is -0.117. The number of nitrogens with zero attached hydrogens (tertiary/aromatic N) is 1. The van der Waals surface area contributed by atoms with Gasteiger partial charge in [0.25, 0.3) is 5.91 Å². The number of hydrogen-bond acceptors (Lipinski definition) is 2. The molecule has 1 unspecified atom stereocenters. The number of amides is 1. The molecule has 0 aromatic heterocycles. The Kier molecular flexibility index (Phi) is 10.2. The largest absolute Gasteiger partial charge is 0.469 e. The Balaban J connectivity index is 1.90. The van der Waals surface area contributed by atoms with Crippen molar-refractivity contribution < 1.29 is 9.53 Å². The molecule has 3 nitrogen and oxygen atoms in total. The monoisotopic (exact) mass is 323 g/mol. The summed E-state index contributed by atoms with van der Waals surface area (Å²) in [5, 5.41) is 0. The van der Waals surface area contributed by atoms with Gasteiger partial charge in [0.05, 0.1) is 0 Å². The van der Waals surface area contributed by atoms with Crippen molar-refractivity contribution in [2.75, 3.05) is 0 Å². The second kappa shape index (κ2) is 11.6. The number of unbranched alkanes of at least 4 members (excludes halogenated alkanes) is 11. The molecule has 1 rings (SSSR count). The Bertz CT molecular complexity index is 350. The standard InChI is InChI=1S/C20H37NO2/c1-4-5-6-7-8-9-10-11-12-13-14-15-16-20(2,3)18-19(22)21-17-23-18/h17-18H,4-16H2,1-3H3. The second-order valence-electron chi connectivity index (χ2n) is 7.72. The number of ether oxygens (including phenoxy) is 1. The molecule has 23 heavy (non-hydrogen) atoms. The van der Waals surface area contributed by atoms with Gasteiger partial charge in [0.15, 0.2) is 12.5 Å². The minimum absolute atomic E-state index is 0.105. The maximum absolute atomic E-state index is 11.6. The molecule has 1 atom stereocenters. The van der Waals surface area contributed by atoms with Crippen LogP contribution < -0.4 is 0 Å². The fraction of sp³-hybridized carbons (Fsp3) is 0.900. The molecule has 0 saturated carbocycles. The molecule has 0 bridgehead atoms. The van der Waals surface area contributed by atoms with Crippen molar-refractivity contribution in [2.24, 2.45) is 10.4 Å². The van der Waals surface area contributed by atoms with Gasteiger partial charge in [-0.1, -0.05) is 97.8 Å². The van der Waals surface area contributed by atoms with Crippen LogP contribution >= 0.6 is 0 Å². The molecule has 0 spiro atoms. The summed E-state index contributed by atoms with van der Waals surface area (Å²) in [5.41, 5.74) is -0.105. The van der Waals surface area contributed by atoms with Crippen molar-refractivity contribution in [3.63, 3.8) is 0 Å². The number of hydrogen-bond donors (Lipinski definition) is 0. The third-order valence-corrected chi connectivity index (χ3v) is 4.99. The van der Waals surface area contributed by atoms with Gasteiger partial charge in [-0.2, -0.15) is 4.99 Å². The molecule has 0 aromatic carbocycles. The highest BCUT2D eigenvalue weighted by Gasteiger charge is 2.38. The number of carbonyl (C=O) groups is 1. The lowest BCUT2D eigenvalue weighted by Crippen LogP contribution is -2.34. The van der Waals surface area contributed by atoms with Gasteiger partial charge in [-0.15, -0.1) is 0 Å². The van der Waals surface area contributed by atoms with Crippen molar-refractivity contribution >= 4 is 12.3 Å². The maximum Gasteiger partial charge on any atom is 0.290 e. The molecule has 134 valence electrons. The third-order valence-electron chi connectivity index (χ3n) is 4.99. The predicted molar refractivity (Wildman–Crippen MR) is 97.8 cm³/mol. The maximum atomic E-state index is 11.6. The summed E-state index contributed by atoms with van der Waals surface area (Å²) in [4.78, 5) is 15.3. The lowest BCUT2D eigenvalue weighted by Gasteiger charge is -2.28. The number of aliphatic imine (C=N–C) groups is 1. The van der Waals surface area contributed by atoms with Gasteiger partial charge >= 0.3 is 0 Å². The van der Waals surface area contributed by atoms with E-state index in [0.717, 1.165) is 6.42 Å². The normalized spacial score (nSPS) is 17.7. The van der Waals surface area contributed by atoms with Crippen LogP contribution in [0.1, 0.15) is 104 Å². The first-order valence-electron chi connectivity index (χ1n) is 9.80. The third kappa shape index (κ3) is 8.53. The fourth-order valence-corrected chi connectivity index (χ4v) is 3.34. The Morgan fingerprint density at radius 3 is 1.83 bits per heavy atom. The first kappa shape index (κ1) is 20.2. The minimum atomic E-state index is -0.366. The van der Waals surface area contributed by atoms with Gasteiger partial charge < -0.3 is 4.74 Å². The number of carbonyl (C=O) groups excluding carboxylic acids is 1. The van der Waals surface area contributed by atoms with Crippen molar-refractivity contribution in [1.29, 1.82) is 0 Å². The summed E-state index contributed by atoms with van der Waals surface area (Å²) in [6, 6.07) is 0. The van der Waals surface area contributed by atoms with Gasteiger partial charge in [0, 0.05) is 5.41 Å². The second-order valence-corrected chi connectivity index (χ2v) is 7.72. The summed E-state index contributed by atoms with van der Waals surface area (Å²) < 4.78 is 5.35. The average molecular weight is 324 g/mol. The molecule has 0 fully saturated rings. The molecule has 1 aliphatic rings. The average Bonchev–Trinajstić information content (AvgIpc) is 2.95. The molecule has 0 saturated heterocycles. The highest BCUT2D eigenvalue weighted by atomic mass is 16.5. The van der Waals surface area contributed by atoms with Gasteiger partial charge in [0.2, 0.25) is 0 Å². The molecule has 0 aromatic rings. The molecule has 1 amide bonds. The van der Waals surface area contributed by atoms with Crippen LogP contribution in [0.5, 0.6) is 0 Å². The molecule has 1 heterocycles. The lowest BCUT2D eigenvalue weighted by atomic mass is 9.81. The molecule has 0 aliphatic carbocycles. The predicted octanol–water partition coefficient (Wildman–Crippen LogP) is 6.06. The van der Waals surface area contributed by atoms with Gasteiger partial charge in [0.1, 0.15) is 0 Å². The molecule has 1 aliphatic heterocycles. The molecule has 0 N–H and O–H groups in total. The minimum Gasteiger partial charge on any atom is -0.469 e. The Morgan fingerprint density at radius 1 is 0.913 bits per heavy atom. The number of rotatable bonds is 14. The quantitative estimate of drug-likeness (QED) is 0.364. The van der Waals surface area contributed by atoms with E-state index in [1.807, 2.05) is 0 Å². The highest BCUT2D eigenvalue weighted by molar-refractivity contribution is 5.92. The van der Waals surface area contributed by atoms with Crippen LogP contribution in [-0.2, 0) is 9.53 Å². The first-order chi connectivity index (χ1) is 11.1. The van der Waals surface area contributed by atoms with E-state index < -0.39 is 0 Å². The SMILES string of the molecule is CCCCCCCCCCCCCCC(C)(C)C1OC=NC1=O. The van der Waals surface area contributed by atoms with E-state index in [1.165, 1.54) is 83.5 Å². The van der Waals surface area contributed by atoms with Crippen molar-refractivity contribution in [3.05, 3.63) is 0 Å². The van der Waals surface area contributed by atoms with Crippen LogP contribution in [0.4, 0.5) is 0 Å². The van der Waals surface area contributed by atoms with E-state index in [9.17, 15) is 4.79 Å². The molecule has 0 radical (unpaired) electrons. The lowest BCUT2D eigenvalue weighted by molar-refractivity contribution is -0.127. The molecular formula is C20H37NO2. The summed E-state index contributed by atoms with van der Waals surface area (Å²) in [6.45, 7) is 6.50. The molecular weight excluding hydrogens is 286 g/mol. The van der Waals surface area contributed by atoms with Gasteiger partial charge in [-0.05, 0) is 6.42 Å². The van der Waals surface area contributed by atoms with Crippen molar-refractivity contribution in [1.82, 2.24) is 0 Å². The fourth-order valence-electron chi connectivity index (χ4n) is 3.34. The zero-order valence-electron chi connectivity index (χ0n) is 15.6. The van der Waals surface area contributed by atoms with Crippen molar-refractivity contribution in [3.8, 4) is 0 Å². The van der Waals surface area contributed by atoms with Gasteiger partial charge in [-0.25, -0.2) is 0 Å². The first-order valence-corrected chi connectivity index (χ1v) is 9.80. The van der Waals surface area contributed by atoms with E-state index >= 15 is 0 Å². The van der Waals surface area contributed by atoms with E-state index in [2.05, 4.69) is 25.8 Å².